The molecule has 0 spiro atoms. The lowest BCUT2D eigenvalue weighted by Gasteiger charge is -2.09. The Hall–Kier alpha value is -1.85. The molecule has 6 heteroatoms. The van der Waals surface area contributed by atoms with E-state index in [1.54, 1.807) is 0 Å². The third-order valence-corrected chi connectivity index (χ3v) is 3.48. The summed E-state index contributed by atoms with van der Waals surface area (Å²) in [5, 5.41) is 6.50. The summed E-state index contributed by atoms with van der Waals surface area (Å²) < 4.78 is 5.79. The smallest absolute Gasteiger partial charge is 0.227 e. The Morgan fingerprint density at radius 1 is 1.24 bits per heavy atom. The van der Waals surface area contributed by atoms with Gasteiger partial charge < -0.3 is 15.4 Å². The summed E-state index contributed by atoms with van der Waals surface area (Å²) >= 11 is 0. The van der Waals surface area contributed by atoms with E-state index in [-0.39, 0.29) is 12.4 Å². The molecule has 0 radical (unpaired) electrons. The van der Waals surface area contributed by atoms with Gasteiger partial charge in [-0.1, -0.05) is 6.07 Å². The molecule has 2 N–H and O–H groups in total. The van der Waals surface area contributed by atoms with E-state index in [9.17, 15) is 0 Å². The molecule has 2 heterocycles. The monoisotopic (exact) mass is 304 g/mol. The first-order valence-corrected chi connectivity index (χ1v) is 6.96. The van der Waals surface area contributed by atoms with Crippen LogP contribution in [0.25, 0.3) is 0 Å². The Bertz CT molecular complexity index is 645. The molecule has 5 nitrogen and oxygen atoms in total. The van der Waals surface area contributed by atoms with Crippen LogP contribution in [0.2, 0.25) is 0 Å². The number of fused-ring (bicyclic) bond motifs is 1. The Balaban J connectivity index is 0.00000132. The highest BCUT2D eigenvalue weighted by molar-refractivity contribution is 5.85. The van der Waals surface area contributed by atoms with Crippen molar-refractivity contribution in [2.75, 3.05) is 5.32 Å². The number of anilines is 2. The highest BCUT2D eigenvalue weighted by Gasteiger charge is 2.23. The van der Waals surface area contributed by atoms with Gasteiger partial charge in [-0.05, 0) is 25.0 Å². The van der Waals surface area contributed by atoms with Gasteiger partial charge in [-0.2, -0.15) is 0 Å². The number of aromatic nitrogens is 2. The lowest BCUT2D eigenvalue weighted by atomic mass is 10.3. The maximum atomic E-state index is 5.79. The first-order valence-electron chi connectivity index (χ1n) is 6.96. The van der Waals surface area contributed by atoms with Crippen LogP contribution in [0, 0.1) is 0 Å². The molecule has 0 atom stereocenters. The molecule has 1 saturated carbocycles. The predicted molar refractivity (Wildman–Crippen MR) is 83.2 cm³/mol. The molecule has 2 aliphatic rings. The number of nitrogens with zero attached hydrogens (tertiary/aromatic N) is 2. The van der Waals surface area contributed by atoms with Crippen molar-refractivity contribution in [2.45, 2.75) is 32.0 Å². The maximum absolute atomic E-state index is 5.79. The fourth-order valence-corrected chi connectivity index (χ4v) is 2.27. The number of ether oxygens (including phenoxy) is 1. The van der Waals surface area contributed by atoms with Gasteiger partial charge in [0.25, 0.3) is 0 Å². The van der Waals surface area contributed by atoms with Crippen LogP contribution in [0.3, 0.4) is 0 Å². The first-order chi connectivity index (χ1) is 9.87. The van der Waals surface area contributed by atoms with Gasteiger partial charge in [0.1, 0.15) is 5.75 Å². The van der Waals surface area contributed by atoms with Crippen molar-refractivity contribution >= 4 is 24.0 Å². The minimum Gasteiger partial charge on any atom is -0.490 e. The predicted octanol–water partition coefficient (Wildman–Crippen LogP) is 2.79. The van der Waals surface area contributed by atoms with Crippen molar-refractivity contribution in [3.05, 3.63) is 41.7 Å². The Morgan fingerprint density at radius 2 is 2.14 bits per heavy atom. The fraction of sp³-hybridized carbons (Fsp3) is 0.333. The average Bonchev–Trinajstić information content (AvgIpc) is 3.14. The summed E-state index contributed by atoms with van der Waals surface area (Å²) in [5.74, 6) is 1.54. The van der Waals surface area contributed by atoms with Crippen molar-refractivity contribution in [1.29, 1.82) is 0 Å². The van der Waals surface area contributed by atoms with E-state index < -0.39 is 0 Å². The van der Waals surface area contributed by atoms with Crippen LogP contribution in [-0.4, -0.2) is 16.1 Å². The standard InChI is InChI=1S/C15H16N4O.ClH/c1-2-11(6-13(3-1)20-12-4-5-12)18-15-17-8-10-7-16-9-14(10)19-15;/h1-3,6,8,12,16H,4-5,7,9H2,(H,17,18,19);1H. The molecule has 21 heavy (non-hydrogen) atoms. The molecular weight excluding hydrogens is 288 g/mol. The summed E-state index contributed by atoms with van der Waals surface area (Å²) in [6.07, 6.45) is 4.62. The Kier molecular flexibility index (Phi) is 3.94. The first kappa shape index (κ1) is 14.1. The highest BCUT2D eigenvalue weighted by Crippen LogP contribution is 2.28. The highest BCUT2D eigenvalue weighted by atomic mass is 35.5. The lowest BCUT2D eigenvalue weighted by molar-refractivity contribution is 0.303. The van der Waals surface area contributed by atoms with Gasteiger partial charge in [0.15, 0.2) is 0 Å². The molecule has 2 aromatic rings. The molecule has 0 unspecified atom stereocenters. The number of nitrogens with one attached hydrogen (secondary N) is 2. The van der Waals surface area contributed by atoms with Gasteiger partial charge >= 0.3 is 0 Å². The van der Waals surface area contributed by atoms with E-state index in [2.05, 4.69) is 20.6 Å². The van der Waals surface area contributed by atoms with Gasteiger partial charge in [0.2, 0.25) is 5.95 Å². The van der Waals surface area contributed by atoms with Crippen molar-refractivity contribution in [3.8, 4) is 5.75 Å². The van der Waals surface area contributed by atoms with Crippen LogP contribution in [0.1, 0.15) is 24.1 Å². The molecule has 110 valence electrons. The zero-order chi connectivity index (χ0) is 13.4. The van der Waals surface area contributed by atoms with Crippen LogP contribution >= 0.6 is 12.4 Å². The number of hydrogen-bond acceptors (Lipinski definition) is 5. The van der Waals surface area contributed by atoms with E-state index in [1.807, 2.05) is 30.5 Å². The van der Waals surface area contributed by atoms with Gasteiger partial charge in [-0.15, -0.1) is 12.4 Å². The van der Waals surface area contributed by atoms with E-state index in [0.29, 0.717) is 12.1 Å². The second-order valence-corrected chi connectivity index (χ2v) is 5.24. The van der Waals surface area contributed by atoms with E-state index in [1.165, 1.54) is 18.4 Å². The van der Waals surface area contributed by atoms with Crippen LogP contribution in [0.4, 0.5) is 11.6 Å². The molecule has 1 aliphatic carbocycles. The molecule has 1 aromatic heterocycles. The van der Waals surface area contributed by atoms with Gasteiger partial charge in [0, 0.05) is 36.6 Å². The quantitative estimate of drug-likeness (QED) is 0.909. The van der Waals surface area contributed by atoms with E-state index in [0.717, 1.165) is 30.2 Å². The van der Waals surface area contributed by atoms with Crippen molar-refractivity contribution < 1.29 is 4.74 Å². The summed E-state index contributed by atoms with van der Waals surface area (Å²) in [7, 11) is 0. The molecule has 0 bridgehead atoms. The zero-order valence-corrected chi connectivity index (χ0v) is 12.3. The molecule has 4 rings (SSSR count). The second-order valence-electron chi connectivity index (χ2n) is 5.24. The Morgan fingerprint density at radius 3 is 3.00 bits per heavy atom. The third kappa shape index (κ3) is 3.25. The zero-order valence-electron chi connectivity index (χ0n) is 11.5. The summed E-state index contributed by atoms with van der Waals surface area (Å²) in [4.78, 5) is 8.87. The Labute approximate surface area is 129 Å². The SMILES string of the molecule is Cl.c1cc(Nc2ncc3c(n2)CNC3)cc(OC2CC2)c1. The van der Waals surface area contributed by atoms with E-state index in [4.69, 9.17) is 4.74 Å². The largest absolute Gasteiger partial charge is 0.490 e. The van der Waals surface area contributed by atoms with Crippen LogP contribution < -0.4 is 15.4 Å². The van der Waals surface area contributed by atoms with Crippen LogP contribution in [0.15, 0.2) is 30.5 Å². The van der Waals surface area contributed by atoms with Gasteiger partial charge in [-0.25, -0.2) is 9.97 Å². The number of halogens is 1. The third-order valence-electron chi connectivity index (χ3n) is 3.48. The normalized spacial score (nSPS) is 16.0. The number of benzene rings is 1. The fourth-order valence-electron chi connectivity index (χ4n) is 2.27. The van der Waals surface area contributed by atoms with Crippen LogP contribution in [0.5, 0.6) is 5.75 Å². The molecule has 0 saturated heterocycles. The number of hydrogen-bond donors (Lipinski definition) is 2. The summed E-state index contributed by atoms with van der Waals surface area (Å²) in [5.41, 5.74) is 3.21. The van der Waals surface area contributed by atoms with E-state index >= 15 is 0 Å². The van der Waals surface area contributed by atoms with Crippen molar-refractivity contribution in [1.82, 2.24) is 15.3 Å². The van der Waals surface area contributed by atoms with Gasteiger partial charge in [-0.3, -0.25) is 0 Å². The second kappa shape index (κ2) is 5.87. The van der Waals surface area contributed by atoms with Gasteiger partial charge in [0.05, 0.1) is 11.8 Å². The van der Waals surface area contributed by atoms with Crippen molar-refractivity contribution in [3.63, 3.8) is 0 Å². The molecule has 1 aliphatic heterocycles. The molecule has 1 fully saturated rings. The molecule has 0 amide bonds. The average molecular weight is 305 g/mol. The minimum absolute atomic E-state index is 0. The molecular formula is C15H17ClN4O. The number of rotatable bonds is 4. The summed E-state index contributed by atoms with van der Waals surface area (Å²) in [6, 6.07) is 7.95. The molecule has 1 aromatic carbocycles. The van der Waals surface area contributed by atoms with Crippen molar-refractivity contribution in [2.24, 2.45) is 0 Å². The topological polar surface area (TPSA) is 59.1 Å². The lowest BCUT2D eigenvalue weighted by Crippen LogP contribution is -2.02. The summed E-state index contributed by atoms with van der Waals surface area (Å²) in [6.45, 7) is 1.68. The minimum atomic E-state index is 0. The van der Waals surface area contributed by atoms with Crippen LogP contribution in [-0.2, 0) is 13.1 Å². The maximum Gasteiger partial charge on any atom is 0.227 e.